The normalized spacial score (nSPS) is 11.6. The smallest absolute Gasteiger partial charge is 0.425 e. The van der Waals surface area contributed by atoms with Gasteiger partial charge >= 0.3 is 22.3 Å². The van der Waals surface area contributed by atoms with Gasteiger partial charge in [0.25, 0.3) is 0 Å². The van der Waals surface area contributed by atoms with Crippen molar-refractivity contribution in [2.45, 2.75) is 32.9 Å². The summed E-state index contributed by atoms with van der Waals surface area (Å²) in [5, 5.41) is 9.03. The molecule has 9 heteroatoms. The van der Waals surface area contributed by atoms with Gasteiger partial charge in [-0.2, -0.15) is 12.7 Å². The van der Waals surface area contributed by atoms with E-state index in [2.05, 4.69) is 0 Å². The minimum Gasteiger partial charge on any atom is -0.478 e. The van der Waals surface area contributed by atoms with Crippen molar-refractivity contribution in [1.29, 1.82) is 0 Å². The predicted molar refractivity (Wildman–Crippen MR) is 109 cm³/mol. The van der Waals surface area contributed by atoms with Gasteiger partial charge in [0.2, 0.25) is 0 Å². The van der Waals surface area contributed by atoms with E-state index in [4.69, 9.17) is 9.84 Å². The third-order valence-corrected chi connectivity index (χ3v) is 5.58. The van der Waals surface area contributed by atoms with Crippen LogP contribution < -0.4 is 4.31 Å². The van der Waals surface area contributed by atoms with Crippen LogP contribution in [0.25, 0.3) is 0 Å². The number of amides is 1. The molecule has 0 saturated carbocycles. The fourth-order valence-electron chi connectivity index (χ4n) is 2.39. The van der Waals surface area contributed by atoms with Crippen LogP contribution in [-0.4, -0.2) is 42.5 Å². The van der Waals surface area contributed by atoms with Crippen molar-refractivity contribution in [2.24, 2.45) is 0 Å². The number of carbonyl (C=O) groups is 2. The number of hydrogen-bond acceptors (Lipinski definition) is 5. The average Bonchev–Trinajstić information content (AvgIpc) is 2.65. The summed E-state index contributed by atoms with van der Waals surface area (Å²) in [6.45, 7) is 4.83. The Kier molecular flexibility index (Phi) is 6.53. The summed E-state index contributed by atoms with van der Waals surface area (Å²) in [6, 6.07) is 14.2. The number of para-hydroxylation sites is 1. The molecule has 0 heterocycles. The molecule has 2 aromatic rings. The van der Waals surface area contributed by atoms with Gasteiger partial charge in [-0.1, -0.05) is 30.3 Å². The molecule has 1 N–H and O–H groups in total. The summed E-state index contributed by atoms with van der Waals surface area (Å²) in [5.74, 6) is -1.08. The molecule has 0 saturated heterocycles. The Labute approximate surface area is 170 Å². The van der Waals surface area contributed by atoms with Gasteiger partial charge in [0.05, 0.1) is 17.8 Å². The molecule has 0 aromatic heterocycles. The molecule has 156 valence electrons. The van der Waals surface area contributed by atoms with Crippen molar-refractivity contribution in [1.82, 2.24) is 4.31 Å². The number of carboxylic acid groups (broad SMARTS) is 1. The first kappa shape index (κ1) is 22.2. The largest absolute Gasteiger partial charge is 0.478 e. The van der Waals surface area contributed by atoms with Gasteiger partial charge in [-0.3, -0.25) is 0 Å². The molecule has 0 aliphatic heterocycles. The first-order valence-corrected chi connectivity index (χ1v) is 10.2. The zero-order chi connectivity index (χ0) is 21.8. The quantitative estimate of drug-likeness (QED) is 0.767. The minimum atomic E-state index is -4.27. The number of aromatic carboxylic acids is 1. The number of benzene rings is 2. The second-order valence-electron chi connectivity index (χ2n) is 7.30. The van der Waals surface area contributed by atoms with Crippen LogP contribution in [0, 0.1) is 0 Å². The summed E-state index contributed by atoms with van der Waals surface area (Å²) in [5.41, 5.74) is 0.143. The first-order chi connectivity index (χ1) is 13.4. The van der Waals surface area contributed by atoms with Gasteiger partial charge in [-0.25, -0.2) is 13.9 Å². The van der Waals surface area contributed by atoms with Gasteiger partial charge in [0.1, 0.15) is 5.60 Å². The molecule has 0 bridgehead atoms. The van der Waals surface area contributed by atoms with Crippen LogP contribution in [0.15, 0.2) is 54.6 Å². The van der Waals surface area contributed by atoms with Crippen LogP contribution in [-0.2, 0) is 21.5 Å². The second-order valence-corrected chi connectivity index (χ2v) is 9.18. The van der Waals surface area contributed by atoms with Crippen molar-refractivity contribution < 1.29 is 27.9 Å². The van der Waals surface area contributed by atoms with Gasteiger partial charge in [0, 0.05) is 7.05 Å². The Bertz CT molecular complexity index is 966. The van der Waals surface area contributed by atoms with Crippen molar-refractivity contribution in [3.05, 3.63) is 65.7 Å². The van der Waals surface area contributed by atoms with Crippen LogP contribution in [0.1, 0.15) is 36.7 Å². The number of carbonyl (C=O) groups excluding carboxylic acids is 1. The maximum Gasteiger partial charge on any atom is 0.425 e. The molecule has 2 rings (SSSR count). The Morgan fingerprint density at radius 3 is 2.03 bits per heavy atom. The van der Waals surface area contributed by atoms with Gasteiger partial charge in [-0.15, -0.1) is 0 Å². The molecular formula is C20H24N2O6S. The average molecular weight is 420 g/mol. The maximum atomic E-state index is 13.2. The fourth-order valence-corrected chi connectivity index (χ4v) is 3.61. The number of rotatable bonds is 6. The molecule has 0 atom stereocenters. The summed E-state index contributed by atoms with van der Waals surface area (Å²) in [4.78, 5) is 23.4. The van der Waals surface area contributed by atoms with Gasteiger partial charge < -0.3 is 9.84 Å². The highest BCUT2D eigenvalue weighted by atomic mass is 32.2. The van der Waals surface area contributed by atoms with Gasteiger partial charge in [-0.05, 0) is 50.6 Å². The molecule has 0 radical (unpaired) electrons. The molecule has 0 aliphatic carbocycles. The number of carboxylic acids is 1. The Morgan fingerprint density at radius 2 is 1.55 bits per heavy atom. The highest BCUT2D eigenvalue weighted by Gasteiger charge is 2.34. The Morgan fingerprint density at radius 1 is 1.00 bits per heavy atom. The first-order valence-electron chi connectivity index (χ1n) is 8.78. The van der Waals surface area contributed by atoms with Crippen LogP contribution in [0.5, 0.6) is 0 Å². The number of anilines is 1. The molecule has 1 amide bonds. The van der Waals surface area contributed by atoms with E-state index in [-0.39, 0.29) is 12.1 Å². The molecule has 0 aliphatic rings. The zero-order valence-electron chi connectivity index (χ0n) is 16.7. The van der Waals surface area contributed by atoms with Gasteiger partial charge in [0.15, 0.2) is 0 Å². The Hall–Kier alpha value is -3.07. The van der Waals surface area contributed by atoms with E-state index in [1.54, 1.807) is 51.1 Å². The lowest BCUT2D eigenvalue weighted by Crippen LogP contribution is -2.46. The third kappa shape index (κ3) is 5.71. The predicted octanol–water partition coefficient (Wildman–Crippen LogP) is 3.50. The van der Waals surface area contributed by atoms with E-state index in [1.807, 2.05) is 0 Å². The summed E-state index contributed by atoms with van der Waals surface area (Å²) < 4.78 is 33.2. The Balaban J connectivity index is 2.40. The van der Waals surface area contributed by atoms with Crippen molar-refractivity contribution in [2.75, 3.05) is 11.4 Å². The minimum absolute atomic E-state index is 0.0914. The third-order valence-electron chi connectivity index (χ3n) is 3.85. The molecule has 8 nitrogen and oxygen atoms in total. The molecule has 29 heavy (non-hydrogen) atoms. The van der Waals surface area contributed by atoms with Crippen molar-refractivity contribution in [3.63, 3.8) is 0 Å². The van der Waals surface area contributed by atoms with E-state index < -0.39 is 27.9 Å². The van der Waals surface area contributed by atoms with Crippen LogP contribution in [0.4, 0.5) is 10.5 Å². The highest BCUT2D eigenvalue weighted by molar-refractivity contribution is 7.91. The van der Waals surface area contributed by atoms with E-state index >= 15 is 0 Å². The molecule has 0 fully saturated rings. The lowest BCUT2D eigenvalue weighted by Gasteiger charge is -2.30. The standard InChI is InChI=1S/C20H24N2O6S/c1-20(2,3)28-19(25)21(4)29(26,27)22(17-8-6-5-7-9-17)14-15-10-12-16(13-11-15)18(23)24/h5-13H,14H2,1-4H3,(H,23,24). The maximum absolute atomic E-state index is 13.2. The van der Waals surface area contributed by atoms with E-state index in [1.165, 1.54) is 24.3 Å². The van der Waals surface area contributed by atoms with Crippen molar-refractivity contribution >= 4 is 28.0 Å². The van der Waals surface area contributed by atoms with Crippen LogP contribution in [0.3, 0.4) is 0 Å². The monoisotopic (exact) mass is 420 g/mol. The SMILES string of the molecule is CN(C(=O)OC(C)(C)C)S(=O)(=O)N(Cc1ccc(C(=O)O)cc1)c1ccccc1. The van der Waals surface area contributed by atoms with E-state index in [0.29, 0.717) is 15.6 Å². The summed E-state index contributed by atoms with van der Waals surface area (Å²) >= 11 is 0. The summed E-state index contributed by atoms with van der Waals surface area (Å²) in [7, 11) is -3.14. The molecular weight excluding hydrogens is 396 g/mol. The summed E-state index contributed by atoms with van der Waals surface area (Å²) in [6.07, 6.45) is -1.00. The molecule has 2 aromatic carbocycles. The fraction of sp³-hybridized carbons (Fsp3) is 0.300. The van der Waals surface area contributed by atoms with Crippen molar-refractivity contribution in [3.8, 4) is 0 Å². The second kappa shape index (κ2) is 8.52. The molecule has 0 unspecified atom stereocenters. The van der Waals surface area contributed by atoms with Crippen LogP contribution in [0.2, 0.25) is 0 Å². The lowest BCUT2D eigenvalue weighted by atomic mass is 10.1. The van der Waals surface area contributed by atoms with Crippen LogP contribution >= 0.6 is 0 Å². The lowest BCUT2D eigenvalue weighted by molar-refractivity contribution is 0.0419. The zero-order valence-corrected chi connectivity index (χ0v) is 17.5. The molecule has 0 spiro atoms. The number of hydrogen-bond donors (Lipinski definition) is 1. The van der Waals surface area contributed by atoms with E-state index in [9.17, 15) is 18.0 Å². The topological polar surface area (TPSA) is 104 Å². The van der Waals surface area contributed by atoms with E-state index in [0.717, 1.165) is 11.4 Å². The number of nitrogens with zero attached hydrogens (tertiary/aromatic N) is 2. The highest BCUT2D eigenvalue weighted by Crippen LogP contribution is 2.24. The number of ether oxygens (including phenoxy) is 1.